The van der Waals surface area contributed by atoms with E-state index in [-0.39, 0.29) is 40.0 Å². The molecule has 35 heavy (non-hydrogen) atoms. The molecule has 2 unspecified atom stereocenters. The van der Waals surface area contributed by atoms with Gasteiger partial charge in [0.05, 0.1) is 12.8 Å². The molecule has 2 heterocycles. The van der Waals surface area contributed by atoms with E-state index in [4.69, 9.17) is 21.5 Å². The van der Waals surface area contributed by atoms with Crippen molar-refractivity contribution >= 4 is 23.3 Å². The van der Waals surface area contributed by atoms with E-state index in [0.29, 0.717) is 0 Å². The van der Waals surface area contributed by atoms with Crippen LogP contribution in [0.15, 0.2) is 23.2 Å². The van der Waals surface area contributed by atoms with Gasteiger partial charge < -0.3 is 26.3 Å². The van der Waals surface area contributed by atoms with Crippen molar-refractivity contribution in [2.75, 3.05) is 23.9 Å². The van der Waals surface area contributed by atoms with Gasteiger partial charge in [-0.3, -0.25) is 5.32 Å². The van der Waals surface area contributed by atoms with Crippen molar-refractivity contribution in [3.05, 3.63) is 34.9 Å². The van der Waals surface area contributed by atoms with Gasteiger partial charge in [0.1, 0.15) is 29.3 Å². The Labute approximate surface area is 192 Å². The molecule has 3 rings (SSSR count). The molecule has 0 spiro atoms. The number of anilines is 3. The van der Waals surface area contributed by atoms with Crippen LogP contribution in [0.5, 0.6) is 11.5 Å². The first kappa shape index (κ1) is 25.0. The van der Waals surface area contributed by atoms with Crippen LogP contribution in [0.25, 0.3) is 0 Å². The summed E-state index contributed by atoms with van der Waals surface area (Å²) in [6.07, 6.45) is -14.1. The maximum absolute atomic E-state index is 13.8. The summed E-state index contributed by atoms with van der Waals surface area (Å²) in [6, 6.07) is 3.67. The number of methoxy groups -OCH3 is 1. The lowest BCUT2D eigenvalue weighted by Gasteiger charge is -2.27. The average molecular weight is 500 g/mol. The summed E-state index contributed by atoms with van der Waals surface area (Å²) in [6.45, 7) is 0. The zero-order valence-electron chi connectivity index (χ0n) is 17.4. The van der Waals surface area contributed by atoms with Crippen molar-refractivity contribution < 1.29 is 35.8 Å². The summed E-state index contributed by atoms with van der Waals surface area (Å²) >= 11 is 0. The largest absolute Gasteiger partial charge is 0.493 e. The van der Waals surface area contributed by atoms with Crippen molar-refractivity contribution in [2.45, 2.75) is 24.5 Å². The molecule has 1 aromatic heterocycles. The predicted octanol–water partition coefficient (Wildman–Crippen LogP) is 2.94. The zero-order valence-corrected chi connectivity index (χ0v) is 17.4. The Bertz CT molecular complexity index is 1270. The van der Waals surface area contributed by atoms with Crippen LogP contribution >= 0.6 is 0 Å². The number of nitrogens with zero attached hydrogens (tertiary/aromatic N) is 4. The van der Waals surface area contributed by atoms with E-state index in [9.17, 15) is 31.6 Å². The molecule has 184 valence electrons. The van der Waals surface area contributed by atoms with Crippen molar-refractivity contribution in [1.82, 2.24) is 10.3 Å². The fourth-order valence-corrected chi connectivity index (χ4v) is 3.15. The molecule has 16 heteroatoms. The molecule has 1 aliphatic rings. The minimum absolute atomic E-state index is 0.0213. The van der Waals surface area contributed by atoms with Crippen LogP contribution in [0.1, 0.15) is 22.7 Å². The summed E-state index contributed by atoms with van der Waals surface area (Å²) in [5.41, 5.74) is 11.8. The van der Waals surface area contributed by atoms with Gasteiger partial charge in [0.25, 0.3) is 6.17 Å². The number of guanidine groups is 1. The van der Waals surface area contributed by atoms with Crippen molar-refractivity contribution in [3.63, 3.8) is 0 Å². The molecule has 0 amide bonds. The molecular weight excluding hydrogens is 486 g/mol. The van der Waals surface area contributed by atoms with Crippen LogP contribution in [-0.2, 0) is 0 Å². The lowest BCUT2D eigenvalue weighted by atomic mass is 9.95. The van der Waals surface area contributed by atoms with Crippen LogP contribution in [0.4, 0.5) is 43.7 Å². The number of alkyl halides is 6. The smallest absolute Gasteiger partial charge is 0.439 e. The first-order chi connectivity index (χ1) is 16.3. The number of nitriles is 2. The fraction of sp³-hybridized carbons (Fsp3) is 0.263. The van der Waals surface area contributed by atoms with Crippen LogP contribution < -0.4 is 31.6 Å². The van der Waals surface area contributed by atoms with E-state index >= 15 is 0 Å². The number of ether oxygens (including phenoxy) is 2. The molecular formula is C19H14F6N8O2. The third kappa shape index (κ3) is 4.72. The first-order valence-corrected chi connectivity index (χ1v) is 9.28. The van der Waals surface area contributed by atoms with Gasteiger partial charge in [-0.25, -0.2) is 14.4 Å². The molecule has 0 radical (unpaired) electrons. The average Bonchev–Trinajstić information content (AvgIpc) is 2.77. The predicted molar refractivity (Wildman–Crippen MR) is 109 cm³/mol. The van der Waals surface area contributed by atoms with Crippen molar-refractivity contribution in [2.24, 2.45) is 4.99 Å². The van der Waals surface area contributed by atoms with Crippen LogP contribution in [0, 0.1) is 22.8 Å². The van der Waals surface area contributed by atoms with Gasteiger partial charge in [-0.15, -0.1) is 0 Å². The summed E-state index contributed by atoms with van der Waals surface area (Å²) in [5, 5.41) is 23.2. The van der Waals surface area contributed by atoms with Crippen molar-refractivity contribution in [1.29, 1.82) is 10.5 Å². The Hall–Kier alpha value is -4.60. The Morgan fingerprint density at radius 2 is 1.86 bits per heavy atom. The number of pyridine rings is 1. The van der Waals surface area contributed by atoms with Gasteiger partial charge in [0.15, 0.2) is 17.7 Å². The monoisotopic (exact) mass is 500 g/mol. The standard InChI is InChI=1S/C19H14F6N8O2/c1-34-10-4-7(2-3-9(10)35-19(24,25)16(20)18(21,22)23)13-11-12(28)8(5-26)14(29)32-15(11)33-17(31-13)30-6-27/h2-4,13,16H,1H3,(H6,28,29,30,31,32,33). The summed E-state index contributed by atoms with van der Waals surface area (Å²) in [7, 11) is 1.01. The van der Waals surface area contributed by atoms with E-state index in [1.54, 1.807) is 12.3 Å². The maximum Gasteiger partial charge on any atom is 0.439 e. The molecule has 6 N–H and O–H groups in total. The van der Waals surface area contributed by atoms with Gasteiger partial charge in [0, 0.05) is 5.56 Å². The number of halogens is 6. The Balaban J connectivity index is 2.10. The number of rotatable bonds is 5. The number of aliphatic imine (C=N–C) groups is 1. The summed E-state index contributed by atoms with van der Waals surface area (Å²) in [5.74, 6) is -1.71. The molecule has 2 aromatic rings. The second-order valence-corrected chi connectivity index (χ2v) is 6.88. The minimum Gasteiger partial charge on any atom is -0.493 e. The number of hydrogen-bond acceptors (Lipinski definition) is 10. The number of benzene rings is 1. The highest BCUT2D eigenvalue weighted by Gasteiger charge is 2.59. The van der Waals surface area contributed by atoms with Crippen molar-refractivity contribution in [3.8, 4) is 23.8 Å². The number of fused-ring (bicyclic) bond motifs is 1. The molecule has 2 atom stereocenters. The second kappa shape index (κ2) is 8.98. The van der Waals surface area contributed by atoms with Crippen LogP contribution in [-0.4, -0.2) is 36.5 Å². The van der Waals surface area contributed by atoms with Gasteiger partial charge in [-0.1, -0.05) is 6.07 Å². The zero-order chi connectivity index (χ0) is 26.1. The Morgan fingerprint density at radius 1 is 1.17 bits per heavy atom. The van der Waals surface area contributed by atoms with E-state index in [2.05, 4.69) is 25.3 Å². The first-order valence-electron chi connectivity index (χ1n) is 9.28. The number of nitrogen functional groups attached to an aromatic ring is 2. The van der Waals surface area contributed by atoms with E-state index in [0.717, 1.165) is 25.3 Å². The summed E-state index contributed by atoms with van der Waals surface area (Å²) < 4.78 is 87.0. The third-order valence-electron chi connectivity index (χ3n) is 4.69. The number of aromatic nitrogens is 1. The highest BCUT2D eigenvalue weighted by molar-refractivity contribution is 5.98. The quantitative estimate of drug-likeness (QED) is 0.274. The highest BCUT2D eigenvalue weighted by Crippen LogP contribution is 2.44. The maximum atomic E-state index is 13.8. The summed E-state index contributed by atoms with van der Waals surface area (Å²) in [4.78, 5) is 8.27. The number of hydrogen-bond donors (Lipinski definition) is 4. The molecule has 1 aliphatic heterocycles. The highest BCUT2D eigenvalue weighted by atomic mass is 19.4. The lowest BCUT2D eigenvalue weighted by molar-refractivity contribution is -0.305. The number of nitrogens with one attached hydrogen (secondary N) is 2. The Morgan fingerprint density at radius 3 is 2.43 bits per heavy atom. The molecule has 10 nitrogen and oxygen atoms in total. The van der Waals surface area contributed by atoms with Gasteiger partial charge >= 0.3 is 12.3 Å². The third-order valence-corrected chi connectivity index (χ3v) is 4.69. The topological polar surface area (TPSA) is 167 Å². The van der Waals surface area contributed by atoms with Crippen LogP contribution in [0.3, 0.4) is 0 Å². The molecule has 0 bridgehead atoms. The number of nitrogens with two attached hydrogens (primary N) is 2. The van der Waals surface area contributed by atoms with Crippen LogP contribution in [0.2, 0.25) is 0 Å². The minimum atomic E-state index is -5.88. The molecule has 0 saturated heterocycles. The van der Waals surface area contributed by atoms with E-state index in [1.807, 2.05) is 0 Å². The molecule has 1 aromatic carbocycles. The van der Waals surface area contributed by atoms with Gasteiger partial charge in [-0.05, 0) is 17.7 Å². The SMILES string of the molecule is COc1cc(C2N=C(NC#N)Nc3nc(N)c(C#N)c(N)c32)ccc1OC(F)(F)C(F)C(F)(F)F. The van der Waals surface area contributed by atoms with Gasteiger partial charge in [0.2, 0.25) is 5.96 Å². The van der Waals surface area contributed by atoms with E-state index in [1.165, 1.54) is 0 Å². The normalized spacial score (nSPS) is 16.0. The van der Waals surface area contributed by atoms with Gasteiger partial charge in [-0.2, -0.15) is 32.5 Å². The molecule has 0 saturated carbocycles. The second-order valence-electron chi connectivity index (χ2n) is 6.88. The lowest BCUT2D eigenvalue weighted by Crippen LogP contribution is -2.45. The Kier molecular flexibility index (Phi) is 6.42. The van der Waals surface area contributed by atoms with E-state index < -0.39 is 36.0 Å². The molecule has 0 aliphatic carbocycles. The fourth-order valence-electron chi connectivity index (χ4n) is 3.15. The molecule has 0 fully saturated rings.